The number of hydrogen-bond donors (Lipinski definition) is 2. The molecule has 1 aromatic heterocycles. The normalized spacial score (nSPS) is 10.6. The highest BCUT2D eigenvalue weighted by Crippen LogP contribution is 2.30. The lowest BCUT2D eigenvalue weighted by molar-refractivity contribution is 0.0997. The second kappa shape index (κ2) is 6.71. The highest BCUT2D eigenvalue weighted by Gasteiger charge is 2.15. The number of furan rings is 1. The lowest BCUT2D eigenvalue weighted by Crippen LogP contribution is -2.12. The van der Waals surface area contributed by atoms with Crippen LogP contribution in [0, 0.1) is 6.92 Å². The molecule has 0 aliphatic carbocycles. The van der Waals surface area contributed by atoms with Crippen molar-refractivity contribution < 1.29 is 9.21 Å². The minimum absolute atomic E-state index is 0.216. The number of hydrogen-bond acceptors (Lipinski definition) is 3. The van der Waals surface area contributed by atoms with E-state index >= 15 is 0 Å². The Labute approximate surface area is 152 Å². The van der Waals surface area contributed by atoms with E-state index < -0.39 is 0 Å². The first-order valence-electron chi connectivity index (χ1n) is 7.17. The minimum atomic E-state index is -0.336. The first-order valence-corrected chi connectivity index (χ1v) is 8.34. The van der Waals surface area contributed by atoms with Crippen LogP contribution in [0.1, 0.15) is 16.1 Å². The lowest BCUT2D eigenvalue weighted by atomic mass is 10.1. The van der Waals surface area contributed by atoms with Crippen LogP contribution in [-0.4, -0.2) is 5.91 Å². The average Bonchev–Trinajstić information content (AvgIpc) is 3.00. The van der Waals surface area contributed by atoms with Gasteiger partial charge in [-0.3, -0.25) is 4.79 Å². The third-order valence-electron chi connectivity index (χ3n) is 3.49. The van der Waals surface area contributed by atoms with E-state index in [-0.39, 0.29) is 11.7 Å². The zero-order chi connectivity index (χ0) is 17.3. The van der Waals surface area contributed by atoms with Crippen LogP contribution in [0.25, 0.3) is 11.3 Å². The molecule has 3 aromatic rings. The second-order valence-corrected chi connectivity index (χ2v) is 6.61. The van der Waals surface area contributed by atoms with E-state index in [2.05, 4.69) is 21.2 Å². The molecule has 3 rings (SSSR count). The van der Waals surface area contributed by atoms with Gasteiger partial charge in [0.1, 0.15) is 5.76 Å². The van der Waals surface area contributed by atoms with Crippen LogP contribution < -0.4 is 11.1 Å². The van der Waals surface area contributed by atoms with Gasteiger partial charge in [-0.15, -0.1) is 0 Å². The standard InChI is InChI=1S/C18H14BrClN2O2/c1-10-7-13(21)9-14(19)17(10)22-18(23)16-6-5-15(24-16)11-3-2-4-12(20)8-11/h2-9H,21H2,1H3,(H,22,23). The van der Waals surface area contributed by atoms with Gasteiger partial charge in [-0.1, -0.05) is 23.7 Å². The van der Waals surface area contributed by atoms with Gasteiger partial charge in [0.2, 0.25) is 0 Å². The molecule has 1 heterocycles. The molecule has 4 nitrogen and oxygen atoms in total. The fraction of sp³-hybridized carbons (Fsp3) is 0.0556. The molecule has 0 unspecified atom stereocenters. The summed E-state index contributed by atoms with van der Waals surface area (Å²) < 4.78 is 6.37. The van der Waals surface area contributed by atoms with E-state index in [9.17, 15) is 4.79 Å². The van der Waals surface area contributed by atoms with E-state index in [0.717, 1.165) is 15.6 Å². The summed E-state index contributed by atoms with van der Waals surface area (Å²) in [6.07, 6.45) is 0. The van der Waals surface area contributed by atoms with Crippen LogP contribution in [0.15, 0.2) is 57.4 Å². The summed E-state index contributed by atoms with van der Waals surface area (Å²) in [5, 5.41) is 3.44. The maximum Gasteiger partial charge on any atom is 0.291 e. The van der Waals surface area contributed by atoms with Crippen molar-refractivity contribution >= 4 is 44.8 Å². The Morgan fingerprint density at radius 1 is 1.21 bits per heavy atom. The van der Waals surface area contributed by atoms with E-state index in [1.807, 2.05) is 19.1 Å². The number of anilines is 2. The maximum absolute atomic E-state index is 12.4. The topological polar surface area (TPSA) is 68.3 Å². The number of aryl methyl sites for hydroxylation is 1. The zero-order valence-corrected chi connectivity index (χ0v) is 15.1. The molecule has 2 aromatic carbocycles. The Bertz CT molecular complexity index is 898. The Hall–Kier alpha value is -2.24. The average molecular weight is 406 g/mol. The van der Waals surface area contributed by atoms with Gasteiger partial charge in [0, 0.05) is 20.7 Å². The summed E-state index contributed by atoms with van der Waals surface area (Å²) in [5.74, 6) is 0.459. The number of nitrogen functional groups attached to an aromatic ring is 1. The summed E-state index contributed by atoms with van der Waals surface area (Å²) in [5.41, 5.74) is 8.73. The van der Waals surface area contributed by atoms with Crippen molar-refractivity contribution in [1.82, 2.24) is 0 Å². The van der Waals surface area contributed by atoms with E-state index in [1.54, 1.807) is 36.4 Å². The highest BCUT2D eigenvalue weighted by molar-refractivity contribution is 9.10. The van der Waals surface area contributed by atoms with Gasteiger partial charge in [-0.05, 0) is 64.8 Å². The van der Waals surface area contributed by atoms with Crippen molar-refractivity contribution in [2.45, 2.75) is 6.92 Å². The lowest BCUT2D eigenvalue weighted by Gasteiger charge is -2.10. The van der Waals surface area contributed by atoms with Gasteiger partial charge >= 0.3 is 0 Å². The van der Waals surface area contributed by atoms with Crippen molar-refractivity contribution in [3.8, 4) is 11.3 Å². The van der Waals surface area contributed by atoms with E-state index in [1.165, 1.54) is 0 Å². The molecular weight excluding hydrogens is 392 g/mol. The van der Waals surface area contributed by atoms with Gasteiger partial charge in [0.15, 0.2) is 5.76 Å². The van der Waals surface area contributed by atoms with Crippen molar-refractivity contribution in [3.05, 3.63) is 69.3 Å². The number of halogens is 2. The van der Waals surface area contributed by atoms with Gasteiger partial charge in [0.05, 0.1) is 5.69 Å². The molecule has 0 aliphatic heterocycles. The van der Waals surface area contributed by atoms with Crippen molar-refractivity contribution in [2.24, 2.45) is 0 Å². The fourth-order valence-corrected chi connectivity index (χ4v) is 3.23. The molecule has 3 N–H and O–H groups in total. The summed E-state index contributed by atoms with van der Waals surface area (Å²) >= 11 is 9.39. The van der Waals surface area contributed by atoms with Crippen LogP contribution in [0.4, 0.5) is 11.4 Å². The Kier molecular flexibility index (Phi) is 4.64. The molecule has 1 amide bonds. The van der Waals surface area contributed by atoms with Crippen LogP contribution >= 0.6 is 27.5 Å². The summed E-state index contributed by atoms with van der Waals surface area (Å²) in [6, 6.07) is 14.2. The number of rotatable bonds is 3. The molecule has 0 fully saturated rings. The Morgan fingerprint density at radius 3 is 2.71 bits per heavy atom. The molecule has 122 valence electrons. The van der Waals surface area contributed by atoms with Crippen molar-refractivity contribution in [2.75, 3.05) is 11.1 Å². The molecule has 0 spiro atoms. The molecule has 0 bridgehead atoms. The molecule has 24 heavy (non-hydrogen) atoms. The summed E-state index contributed by atoms with van der Waals surface area (Å²) in [4.78, 5) is 12.4. The van der Waals surface area contributed by atoms with Crippen LogP contribution in [0.3, 0.4) is 0 Å². The smallest absolute Gasteiger partial charge is 0.291 e. The largest absolute Gasteiger partial charge is 0.451 e. The highest BCUT2D eigenvalue weighted by atomic mass is 79.9. The fourth-order valence-electron chi connectivity index (χ4n) is 2.36. The van der Waals surface area contributed by atoms with Crippen molar-refractivity contribution in [3.63, 3.8) is 0 Å². The number of carbonyl (C=O) groups is 1. The van der Waals surface area contributed by atoms with Crippen LogP contribution in [0.5, 0.6) is 0 Å². The third-order valence-corrected chi connectivity index (χ3v) is 4.35. The Morgan fingerprint density at radius 2 is 2.00 bits per heavy atom. The van der Waals surface area contributed by atoms with Gasteiger partial charge < -0.3 is 15.5 Å². The van der Waals surface area contributed by atoms with E-state index in [4.69, 9.17) is 21.8 Å². The van der Waals surface area contributed by atoms with Gasteiger partial charge in [0.25, 0.3) is 5.91 Å². The molecule has 0 saturated heterocycles. The van der Waals surface area contributed by atoms with Crippen molar-refractivity contribution in [1.29, 1.82) is 0 Å². The predicted octanol–water partition coefficient (Wildman–Crippen LogP) is 5.51. The van der Waals surface area contributed by atoms with Crippen LogP contribution in [-0.2, 0) is 0 Å². The Balaban J connectivity index is 1.85. The number of benzene rings is 2. The monoisotopic (exact) mass is 404 g/mol. The molecule has 6 heteroatoms. The first kappa shape index (κ1) is 16.6. The van der Waals surface area contributed by atoms with E-state index in [0.29, 0.717) is 22.2 Å². The second-order valence-electron chi connectivity index (χ2n) is 5.32. The molecule has 0 radical (unpaired) electrons. The number of nitrogens with one attached hydrogen (secondary N) is 1. The third kappa shape index (κ3) is 3.47. The quantitative estimate of drug-likeness (QED) is 0.565. The predicted molar refractivity (Wildman–Crippen MR) is 100 cm³/mol. The van der Waals surface area contributed by atoms with Gasteiger partial charge in [-0.2, -0.15) is 0 Å². The summed E-state index contributed by atoms with van der Waals surface area (Å²) in [7, 11) is 0. The molecule has 0 atom stereocenters. The maximum atomic E-state index is 12.4. The first-order chi connectivity index (χ1) is 11.4. The number of amides is 1. The molecule has 0 saturated carbocycles. The zero-order valence-electron chi connectivity index (χ0n) is 12.8. The van der Waals surface area contributed by atoms with Crippen LogP contribution in [0.2, 0.25) is 5.02 Å². The number of carbonyl (C=O) groups excluding carboxylic acids is 1. The SMILES string of the molecule is Cc1cc(N)cc(Br)c1NC(=O)c1ccc(-c2cccc(Cl)c2)o1. The summed E-state index contributed by atoms with van der Waals surface area (Å²) in [6.45, 7) is 1.87. The molecular formula is C18H14BrClN2O2. The minimum Gasteiger partial charge on any atom is -0.451 e. The molecule has 0 aliphatic rings. The van der Waals surface area contributed by atoms with Gasteiger partial charge in [-0.25, -0.2) is 0 Å². The number of nitrogens with two attached hydrogens (primary N) is 1.